The number of carbonyl (C=O) groups excluding carboxylic acids is 6. The number of phenolic OH excluding ortho intramolecular Hbond substituents is 1. The van der Waals surface area contributed by atoms with Crippen LogP contribution in [0, 0.1) is 23.7 Å². The summed E-state index contributed by atoms with van der Waals surface area (Å²) in [5, 5.41) is 36.8. The van der Waals surface area contributed by atoms with Crippen LogP contribution in [-0.2, 0) is 40.0 Å². The number of aliphatic carboxylic acids is 1. The van der Waals surface area contributed by atoms with Gasteiger partial charge in [0.25, 0.3) is 0 Å². The maximum atomic E-state index is 14.0. The van der Waals surface area contributed by atoms with Gasteiger partial charge in [-0.15, -0.1) is 0 Å². The highest BCUT2D eigenvalue weighted by molar-refractivity contribution is 5.96. The molecule has 6 atom stereocenters. The van der Waals surface area contributed by atoms with Crippen LogP contribution in [0.3, 0.4) is 0 Å². The molecule has 1 aromatic rings. The van der Waals surface area contributed by atoms with E-state index in [9.17, 15) is 48.9 Å². The molecular weight excluding hydrogens is 712 g/mol. The Hall–Kier alpha value is -4.25. The van der Waals surface area contributed by atoms with Gasteiger partial charge in [0.2, 0.25) is 17.7 Å². The van der Waals surface area contributed by atoms with Gasteiger partial charge in [-0.25, -0.2) is 0 Å². The largest absolute Gasteiger partial charge is 0.508 e. The van der Waals surface area contributed by atoms with Crippen LogP contribution >= 0.6 is 0 Å². The lowest BCUT2D eigenvalue weighted by Gasteiger charge is -2.26. The van der Waals surface area contributed by atoms with Gasteiger partial charge >= 0.3 is 5.97 Å². The van der Waals surface area contributed by atoms with Crippen molar-refractivity contribution in [2.24, 2.45) is 40.9 Å². The van der Waals surface area contributed by atoms with E-state index in [-0.39, 0.29) is 56.6 Å². The second-order valence-electron chi connectivity index (χ2n) is 14.7. The molecule has 0 unspecified atom stereocenters. The quantitative estimate of drug-likeness (QED) is 0.0474. The van der Waals surface area contributed by atoms with Gasteiger partial charge in [0.15, 0.2) is 17.3 Å². The van der Waals surface area contributed by atoms with Crippen molar-refractivity contribution in [1.82, 2.24) is 16.0 Å². The molecule has 55 heavy (non-hydrogen) atoms. The third kappa shape index (κ3) is 19.3. The number of amides is 3. The van der Waals surface area contributed by atoms with E-state index in [2.05, 4.69) is 16.0 Å². The summed E-state index contributed by atoms with van der Waals surface area (Å²) in [6, 6.07) is 2.97. The lowest BCUT2D eigenvalue weighted by Crippen LogP contribution is -2.48. The fourth-order valence-corrected chi connectivity index (χ4v) is 6.36. The van der Waals surface area contributed by atoms with E-state index < -0.39 is 89.9 Å². The Bertz CT molecular complexity index is 1390. The Morgan fingerprint density at radius 3 is 1.67 bits per heavy atom. The van der Waals surface area contributed by atoms with E-state index in [0.717, 1.165) is 0 Å². The first-order valence-electron chi connectivity index (χ1n) is 19.2. The molecule has 0 fully saturated rings. The summed E-state index contributed by atoms with van der Waals surface area (Å²) in [6.07, 6.45) is 1.35. The minimum atomic E-state index is -1.17. The third-order valence-electron chi connectivity index (χ3n) is 9.61. The predicted molar refractivity (Wildman–Crippen MR) is 206 cm³/mol. The van der Waals surface area contributed by atoms with Crippen molar-refractivity contribution in [3.8, 4) is 5.75 Å². The van der Waals surface area contributed by atoms with Crippen LogP contribution in [-0.4, -0.2) is 101 Å². The number of nitrogens with one attached hydrogen (secondary N) is 3. The number of primary amides is 1. The first kappa shape index (κ1) is 48.8. The van der Waals surface area contributed by atoms with Crippen LogP contribution in [0.25, 0.3) is 0 Å². The van der Waals surface area contributed by atoms with Crippen molar-refractivity contribution in [2.75, 3.05) is 26.7 Å². The Morgan fingerprint density at radius 2 is 1.18 bits per heavy atom. The van der Waals surface area contributed by atoms with Crippen LogP contribution in [0.5, 0.6) is 5.75 Å². The van der Waals surface area contributed by atoms with E-state index in [0.29, 0.717) is 50.8 Å². The van der Waals surface area contributed by atoms with Crippen molar-refractivity contribution >= 4 is 41.0 Å². The summed E-state index contributed by atoms with van der Waals surface area (Å²) < 4.78 is 0. The standard InChI is InChI=1S/C39H64N6O10/c1-24(2)18-28(37(42)53)22-34(49)31(19-25-10-13-29(47)14-11-25)45-38(54)26(8-4-6-16-40)20-33(48)30(9-5-7-17-41)44-39(55)27(12-15-36(51)52)21-35(50)32(23-46)43-3/h10-11,13-14,24,26-28,30-32,43,46-47H,4-9,12,15-23,40-41H2,1-3H3,(H2,42,53)(H,44,55)(H,45,54)(H,51,52)/t26-,27-,28-,30+,31+,32+/m1/s1. The number of hydrogen-bond acceptors (Lipinski definition) is 12. The topological polar surface area (TPSA) is 294 Å². The van der Waals surface area contributed by atoms with Crippen molar-refractivity contribution in [1.29, 1.82) is 0 Å². The molecule has 0 aliphatic heterocycles. The molecule has 0 heterocycles. The number of carbonyl (C=O) groups is 7. The number of Topliss-reactive ketones (excluding diaryl/α,β-unsaturated/α-hetero) is 3. The molecule has 1 rings (SSSR count). The SMILES string of the molecule is CN[C@@H](CO)C(=O)C[C@@H](CCC(=O)O)C(=O)N[C@@H](CCCCN)C(=O)C[C@@H](CCCCN)C(=O)N[C@@H](Cc1ccc(O)cc1)C(=O)C[C@@H](CC(C)C)C(N)=O. The number of phenols is 1. The average Bonchev–Trinajstić information content (AvgIpc) is 3.12. The number of carboxylic acid groups (broad SMARTS) is 1. The zero-order chi connectivity index (χ0) is 41.5. The van der Waals surface area contributed by atoms with Crippen molar-refractivity contribution in [2.45, 2.75) is 115 Å². The summed E-state index contributed by atoms with van der Waals surface area (Å²) in [4.78, 5) is 91.8. The smallest absolute Gasteiger partial charge is 0.303 e. The van der Waals surface area contributed by atoms with Gasteiger partial charge < -0.3 is 48.5 Å². The lowest BCUT2D eigenvalue weighted by molar-refractivity contribution is -0.139. The van der Waals surface area contributed by atoms with Crippen molar-refractivity contribution < 1.29 is 48.9 Å². The molecular formula is C39H64N6O10. The number of likely N-dealkylation sites (N-methyl/N-ethyl adjacent to an activating group) is 1. The normalized spacial score (nSPS) is 14.6. The van der Waals surface area contributed by atoms with Gasteiger partial charge in [0.05, 0.1) is 24.7 Å². The Labute approximate surface area is 324 Å². The van der Waals surface area contributed by atoms with Crippen molar-refractivity contribution in [3.63, 3.8) is 0 Å². The Kier molecular flexibility index (Phi) is 23.5. The zero-order valence-electron chi connectivity index (χ0n) is 32.6. The second kappa shape index (κ2) is 26.5. The number of rotatable bonds is 31. The van der Waals surface area contributed by atoms with Gasteiger partial charge in [-0.1, -0.05) is 32.4 Å². The maximum absolute atomic E-state index is 14.0. The molecule has 1 aromatic carbocycles. The molecule has 0 radical (unpaired) electrons. The number of aromatic hydroxyl groups is 1. The second-order valence-corrected chi connectivity index (χ2v) is 14.7. The number of unbranched alkanes of at least 4 members (excludes halogenated alkanes) is 2. The van der Waals surface area contributed by atoms with E-state index in [4.69, 9.17) is 17.2 Å². The molecule has 0 aliphatic carbocycles. The van der Waals surface area contributed by atoms with Crippen molar-refractivity contribution in [3.05, 3.63) is 29.8 Å². The molecule has 16 nitrogen and oxygen atoms in total. The van der Waals surface area contributed by atoms with Gasteiger partial charge in [0.1, 0.15) is 5.75 Å². The van der Waals surface area contributed by atoms with Crippen LogP contribution in [0.1, 0.15) is 96.5 Å². The molecule has 0 aromatic heterocycles. The lowest BCUT2D eigenvalue weighted by atomic mass is 9.87. The number of hydrogen-bond donors (Lipinski definition) is 9. The Balaban J connectivity index is 3.42. The van der Waals surface area contributed by atoms with Crippen LogP contribution < -0.4 is 33.2 Å². The Morgan fingerprint density at radius 1 is 0.691 bits per heavy atom. The minimum Gasteiger partial charge on any atom is -0.508 e. The number of nitrogens with two attached hydrogens (primary N) is 3. The number of aliphatic hydroxyl groups is 1. The third-order valence-corrected chi connectivity index (χ3v) is 9.61. The van der Waals surface area contributed by atoms with E-state index in [1.807, 2.05) is 13.8 Å². The fraction of sp³-hybridized carbons (Fsp3) is 0.667. The molecule has 310 valence electrons. The molecule has 0 aliphatic rings. The maximum Gasteiger partial charge on any atom is 0.303 e. The molecule has 0 bridgehead atoms. The summed E-state index contributed by atoms with van der Waals surface area (Å²) >= 11 is 0. The highest BCUT2D eigenvalue weighted by atomic mass is 16.4. The van der Waals surface area contributed by atoms with Crippen LogP contribution in [0.15, 0.2) is 24.3 Å². The summed E-state index contributed by atoms with van der Waals surface area (Å²) in [7, 11) is 1.47. The minimum absolute atomic E-state index is 0.0140. The van der Waals surface area contributed by atoms with Gasteiger partial charge in [-0.3, -0.25) is 33.6 Å². The molecule has 12 N–H and O–H groups in total. The van der Waals surface area contributed by atoms with E-state index in [1.54, 1.807) is 12.1 Å². The zero-order valence-corrected chi connectivity index (χ0v) is 32.6. The summed E-state index contributed by atoms with van der Waals surface area (Å²) in [6.45, 7) is 3.94. The average molecular weight is 777 g/mol. The van der Waals surface area contributed by atoms with Crippen LogP contribution in [0.4, 0.5) is 0 Å². The van der Waals surface area contributed by atoms with Gasteiger partial charge in [-0.2, -0.15) is 0 Å². The summed E-state index contributed by atoms with van der Waals surface area (Å²) in [5.74, 6) is -7.20. The number of carboxylic acids is 1. The predicted octanol–water partition coefficient (Wildman–Crippen LogP) is 0.865. The first-order chi connectivity index (χ1) is 26.1. The number of ketones is 3. The number of benzene rings is 1. The fourth-order valence-electron chi connectivity index (χ4n) is 6.36. The first-order valence-corrected chi connectivity index (χ1v) is 19.2. The monoisotopic (exact) mass is 776 g/mol. The van der Waals surface area contributed by atoms with Crippen LogP contribution in [0.2, 0.25) is 0 Å². The molecule has 0 saturated carbocycles. The molecule has 0 saturated heterocycles. The van der Waals surface area contributed by atoms with Gasteiger partial charge in [0, 0.05) is 43.4 Å². The van der Waals surface area contributed by atoms with E-state index in [1.165, 1.54) is 19.2 Å². The highest BCUT2D eigenvalue weighted by Crippen LogP contribution is 2.22. The molecule has 16 heteroatoms. The molecule has 3 amide bonds. The van der Waals surface area contributed by atoms with Gasteiger partial charge in [-0.05, 0) is 95.1 Å². The summed E-state index contributed by atoms with van der Waals surface area (Å²) in [5.41, 5.74) is 17.7. The van der Waals surface area contributed by atoms with E-state index >= 15 is 0 Å². The highest BCUT2D eigenvalue weighted by Gasteiger charge is 2.33. The molecule has 0 spiro atoms. The number of aliphatic hydroxyl groups excluding tert-OH is 1.